The molecule has 0 saturated heterocycles. The third-order valence-corrected chi connectivity index (χ3v) is 4.21. The summed E-state index contributed by atoms with van der Waals surface area (Å²) in [6.45, 7) is -0.162. The minimum absolute atomic E-state index is 0.162. The first-order chi connectivity index (χ1) is 12.7. The second kappa shape index (κ2) is 6.89. The van der Waals surface area contributed by atoms with Crippen LogP contribution < -0.4 is 0 Å². The minimum Gasteiger partial charge on any atom is -0.451 e. The third kappa shape index (κ3) is 3.24. The van der Waals surface area contributed by atoms with Gasteiger partial charge in [0.25, 0.3) is 5.89 Å². The van der Waals surface area contributed by atoms with Crippen molar-refractivity contribution in [3.63, 3.8) is 0 Å². The monoisotopic (exact) mass is 370 g/mol. The zero-order chi connectivity index (χ0) is 17.9. The Morgan fingerprint density at radius 3 is 2.88 bits per heavy atom. The van der Waals surface area contributed by atoms with Gasteiger partial charge in [0.2, 0.25) is 5.82 Å². The van der Waals surface area contributed by atoms with Crippen LogP contribution in [-0.2, 0) is 11.3 Å². The molecular formula is C17H11FN4O3S. The highest BCUT2D eigenvalue weighted by Crippen LogP contribution is 2.19. The molecule has 4 rings (SSSR count). The molecule has 0 radical (unpaired) electrons. The molecule has 0 saturated carbocycles. The lowest BCUT2D eigenvalue weighted by Crippen LogP contribution is -2.11. The number of ether oxygens (including phenoxy) is 1. The summed E-state index contributed by atoms with van der Waals surface area (Å²) in [5.41, 5.74) is 1.63. The number of nitrogens with zero attached hydrogens (tertiary/aromatic N) is 4. The summed E-state index contributed by atoms with van der Waals surface area (Å²) >= 11 is 1.52. The van der Waals surface area contributed by atoms with E-state index in [2.05, 4.69) is 15.1 Å². The third-order valence-electron chi connectivity index (χ3n) is 3.53. The lowest BCUT2D eigenvalue weighted by atomic mass is 10.3. The molecule has 0 spiro atoms. The molecular weight excluding hydrogens is 359 g/mol. The molecule has 0 atom stereocenters. The van der Waals surface area contributed by atoms with Gasteiger partial charge in [-0.05, 0) is 35.7 Å². The van der Waals surface area contributed by atoms with E-state index in [0.717, 1.165) is 5.56 Å². The number of carbonyl (C=O) groups excluding carboxylic acids is 1. The Hall–Kier alpha value is -3.33. The second-order valence-electron chi connectivity index (χ2n) is 5.23. The van der Waals surface area contributed by atoms with Crippen LogP contribution in [0.15, 0.2) is 58.1 Å². The molecule has 0 aliphatic heterocycles. The van der Waals surface area contributed by atoms with Gasteiger partial charge in [-0.15, -0.1) is 0 Å². The maximum atomic E-state index is 13.1. The molecule has 9 heteroatoms. The summed E-state index contributed by atoms with van der Waals surface area (Å²) < 4.78 is 24.9. The van der Waals surface area contributed by atoms with E-state index in [1.54, 1.807) is 12.1 Å². The summed E-state index contributed by atoms with van der Waals surface area (Å²) in [6.07, 6.45) is 2.82. The molecule has 0 aliphatic rings. The molecule has 0 unspecified atom stereocenters. The smallest absolute Gasteiger partial charge is 0.357 e. The van der Waals surface area contributed by atoms with Crippen molar-refractivity contribution in [1.82, 2.24) is 19.7 Å². The normalized spacial score (nSPS) is 10.8. The molecule has 7 nitrogen and oxygen atoms in total. The predicted octanol–water partition coefficient (Wildman–Crippen LogP) is 3.48. The number of aromatic nitrogens is 4. The number of halogens is 1. The molecule has 26 heavy (non-hydrogen) atoms. The van der Waals surface area contributed by atoms with Gasteiger partial charge < -0.3 is 9.26 Å². The average molecular weight is 370 g/mol. The minimum atomic E-state index is -0.609. The van der Waals surface area contributed by atoms with Crippen LogP contribution in [-0.4, -0.2) is 25.7 Å². The van der Waals surface area contributed by atoms with Gasteiger partial charge in [-0.25, -0.2) is 14.2 Å². The molecule has 0 aliphatic carbocycles. The molecule has 0 fully saturated rings. The van der Waals surface area contributed by atoms with Gasteiger partial charge >= 0.3 is 5.97 Å². The van der Waals surface area contributed by atoms with E-state index in [0.29, 0.717) is 11.5 Å². The van der Waals surface area contributed by atoms with E-state index in [1.807, 2.05) is 16.8 Å². The van der Waals surface area contributed by atoms with Gasteiger partial charge in [-0.1, -0.05) is 5.16 Å². The zero-order valence-electron chi connectivity index (χ0n) is 13.2. The van der Waals surface area contributed by atoms with Gasteiger partial charge in [0.1, 0.15) is 5.82 Å². The van der Waals surface area contributed by atoms with Crippen LogP contribution in [0.3, 0.4) is 0 Å². The summed E-state index contributed by atoms with van der Waals surface area (Å²) in [7, 11) is 0. The highest BCUT2D eigenvalue weighted by molar-refractivity contribution is 7.08. The number of carbonyl (C=O) groups is 1. The molecule has 3 aromatic heterocycles. The first kappa shape index (κ1) is 16.2. The zero-order valence-corrected chi connectivity index (χ0v) is 14.0. The lowest BCUT2D eigenvalue weighted by Gasteiger charge is -2.07. The largest absolute Gasteiger partial charge is 0.451 e. The molecule has 1 aromatic carbocycles. The van der Waals surface area contributed by atoms with Crippen LogP contribution in [0.1, 0.15) is 16.4 Å². The maximum Gasteiger partial charge on any atom is 0.357 e. The van der Waals surface area contributed by atoms with Crippen LogP contribution in [0.4, 0.5) is 4.39 Å². The van der Waals surface area contributed by atoms with Crippen LogP contribution in [0.5, 0.6) is 0 Å². The number of rotatable bonds is 5. The van der Waals surface area contributed by atoms with E-state index < -0.39 is 5.97 Å². The molecule has 4 aromatic rings. The van der Waals surface area contributed by atoms with Crippen LogP contribution in [0.25, 0.3) is 17.1 Å². The molecule has 130 valence electrons. The topological polar surface area (TPSA) is 83.0 Å². The number of esters is 1. The van der Waals surface area contributed by atoms with Gasteiger partial charge in [0, 0.05) is 16.6 Å². The Labute approximate surface area is 150 Å². The second-order valence-corrected chi connectivity index (χ2v) is 6.01. The van der Waals surface area contributed by atoms with E-state index in [9.17, 15) is 9.18 Å². The Kier molecular flexibility index (Phi) is 4.28. The molecule has 0 amide bonds. The van der Waals surface area contributed by atoms with Crippen LogP contribution >= 0.6 is 11.3 Å². The van der Waals surface area contributed by atoms with E-state index in [1.165, 1.54) is 40.6 Å². The quantitative estimate of drug-likeness (QED) is 0.500. The van der Waals surface area contributed by atoms with Crippen molar-refractivity contribution >= 4 is 17.3 Å². The van der Waals surface area contributed by atoms with Crippen molar-refractivity contribution in [1.29, 1.82) is 0 Å². The summed E-state index contributed by atoms with van der Waals surface area (Å²) in [5.74, 6) is -0.348. The molecule has 3 heterocycles. The number of hydrogen-bond acceptors (Lipinski definition) is 7. The fraction of sp³-hybridized carbons (Fsp3) is 0.0588. The van der Waals surface area contributed by atoms with Crippen LogP contribution in [0, 0.1) is 5.82 Å². The van der Waals surface area contributed by atoms with Crippen molar-refractivity contribution in [2.24, 2.45) is 0 Å². The Bertz CT molecular complexity index is 1020. The first-order valence-corrected chi connectivity index (χ1v) is 8.45. The summed E-state index contributed by atoms with van der Waals surface area (Å²) in [5, 5.41) is 7.64. The highest BCUT2D eigenvalue weighted by atomic mass is 32.1. The van der Waals surface area contributed by atoms with Crippen molar-refractivity contribution in [2.45, 2.75) is 6.61 Å². The van der Waals surface area contributed by atoms with Crippen LogP contribution in [0.2, 0.25) is 0 Å². The predicted molar refractivity (Wildman–Crippen MR) is 90.3 cm³/mol. The van der Waals surface area contributed by atoms with Gasteiger partial charge in [-0.3, -0.25) is 4.57 Å². The Morgan fingerprint density at radius 2 is 2.12 bits per heavy atom. The SMILES string of the molecule is O=C(OCc1nc(-c2ccsc2)no1)c1cncn1-c1ccc(F)cc1. The Balaban J connectivity index is 1.46. The van der Waals surface area contributed by atoms with Crippen molar-refractivity contribution in [2.75, 3.05) is 0 Å². The van der Waals surface area contributed by atoms with Crippen molar-refractivity contribution < 1.29 is 18.4 Å². The molecule has 0 N–H and O–H groups in total. The summed E-state index contributed by atoms with van der Waals surface area (Å²) in [4.78, 5) is 20.5. The maximum absolute atomic E-state index is 13.1. The lowest BCUT2D eigenvalue weighted by molar-refractivity contribution is 0.0420. The highest BCUT2D eigenvalue weighted by Gasteiger charge is 2.17. The fourth-order valence-corrected chi connectivity index (χ4v) is 2.91. The first-order valence-electron chi connectivity index (χ1n) is 7.51. The van der Waals surface area contributed by atoms with Gasteiger partial charge in [0.05, 0.1) is 12.5 Å². The van der Waals surface area contributed by atoms with Crippen molar-refractivity contribution in [3.05, 3.63) is 71.0 Å². The number of hydrogen-bond donors (Lipinski definition) is 0. The van der Waals surface area contributed by atoms with Gasteiger partial charge in [0.15, 0.2) is 12.3 Å². The standard InChI is InChI=1S/C17H11FN4O3S/c18-12-1-3-13(4-2-12)22-10-19-7-14(22)17(23)24-8-15-20-16(21-25-15)11-5-6-26-9-11/h1-7,9-10H,8H2. The molecule has 0 bridgehead atoms. The van der Waals surface area contributed by atoms with Crippen molar-refractivity contribution in [3.8, 4) is 17.1 Å². The average Bonchev–Trinajstić information content (AvgIpc) is 3.40. The van der Waals surface area contributed by atoms with E-state index in [-0.39, 0.29) is 24.0 Å². The summed E-state index contributed by atoms with van der Waals surface area (Å²) in [6, 6.07) is 7.55. The number of imidazole rings is 1. The Morgan fingerprint density at radius 1 is 1.27 bits per heavy atom. The van der Waals surface area contributed by atoms with E-state index >= 15 is 0 Å². The number of thiophene rings is 1. The van der Waals surface area contributed by atoms with Gasteiger partial charge in [-0.2, -0.15) is 16.3 Å². The number of benzene rings is 1. The fourth-order valence-electron chi connectivity index (χ4n) is 2.28. The van der Waals surface area contributed by atoms with E-state index in [4.69, 9.17) is 9.26 Å².